The van der Waals surface area contributed by atoms with E-state index in [1.807, 2.05) is 6.07 Å². The maximum absolute atomic E-state index is 10.3. The van der Waals surface area contributed by atoms with Crippen LogP contribution in [0.2, 0.25) is 0 Å². The summed E-state index contributed by atoms with van der Waals surface area (Å²) >= 11 is 7.20. The molecule has 2 N–H and O–H groups in total. The molecule has 0 radical (unpaired) electrons. The van der Waals surface area contributed by atoms with Crippen molar-refractivity contribution in [2.45, 2.75) is 18.9 Å². The molecular weight excluding hydrogens is 440 g/mol. The molecule has 0 spiro atoms. The van der Waals surface area contributed by atoms with Crippen LogP contribution in [0.3, 0.4) is 0 Å². The molecule has 2 heterocycles. The van der Waals surface area contributed by atoms with Crippen molar-refractivity contribution in [3.8, 4) is 11.5 Å². The number of hydrogen-bond donors (Lipinski definition) is 2. The van der Waals surface area contributed by atoms with Gasteiger partial charge in [0.1, 0.15) is 0 Å². The maximum atomic E-state index is 10.3. The number of nitrogens with zero attached hydrogens (tertiary/aromatic N) is 1. The molecule has 2 fully saturated rings. The third-order valence-corrected chi connectivity index (χ3v) is 7.13. The molecule has 2 aliphatic heterocycles. The number of aromatic hydroxyl groups is 1. The monoisotopic (exact) mass is 462 g/mol. The molecule has 1 aromatic carbocycles. The average molecular weight is 464 g/mol. The Morgan fingerprint density at radius 1 is 1.25 bits per heavy atom. The molecule has 7 heteroatoms. The second kappa shape index (κ2) is 8.36. The minimum Gasteiger partial charge on any atom is -0.503 e. The third-order valence-electron chi connectivity index (χ3n) is 4.97. The highest BCUT2D eigenvalue weighted by Gasteiger charge is 2.34. The molecule has 0 saturated carbocycles. The lowest BCUT2D eigenvalue weighted by molar-refractivity contribution is 0.0210. The molecular formula is C17H24Br2N2O3. The number of halogens is 2. The summed E-state index contributed by atoms with van der Waals surface area (Å²) in [6.07, 6.45) is 2.11. The summed E-state index contributed by atoms with van der Waals surface area (Å²) in [4.78, 5) is 2.55. The third kappa shape index (κ3) is 3.75. The summed E-state index contributed by atoms with van der Waals surface area (Å²) in [5.74, 6) is 1.18. The standard InChI is InChI=1S/C17H24Br2N2O3/c1-23-13-10-12(14(18)15(19)17(13)22)16(11-2-8-24-9-3-11)21-6-4-20-5-7-21/h10-11,16,20,22H,2-9H2,1H3/t16-/m0/s1. The van der Waals surface area contributed by atoms with Gasteiger partial charge in [-0.05, 0) is 62.2 Å². The number of nitrogens with one attached hydrogen (secondary N) is 1. The van der Waals surface area contributed by atoms with Crippen LogP contribution in [-0.2, 0) is 4.74 Å². The van der Waals surface area contributed by atoms with Gasteiger partial charge < -0.3 is 19.9 Å². The Hall–Kier alpha value is -0.340. The van der Waals surface area contributed by atoms with Crippen molar-refractivity contribution < 1.29 is 14.6 Å². The molecule has 24 heavy (non-hydrogen) atoms. The van der Waals surface area contributed by atoms with Gasteiger partial charge in [-0.3, -0.25) is 4.90 Å². The molecule has 2 saturated heterocycles. The molecule has 0 unspecified atom stereocenters. The van der Waals surface area contributed by atoms with Gasteiger partial charge in [0.05, 0.1) is 11.6 Å². The van der Waals surface area contributed by atoms with Crippen molar-refractivity contribution in [3.63, 3.8) is 0 Å². The number of benzene rings is 1. The highest BCUT2D eigenvalue weighted by molar-refractivity contribution is 9.13. The minimum absolute atomic E-state index is 0.138. The summed E-state index contributed by atoms with van der Waals surface area (Å²) in [7, 11) is 1.59. The van der Waals surface area contributed by atoms with Gasteiger partial charge in [0.25, 0.3) is 0 Å². The Morgan fingerprint density at radius 3 is 2.54 bits per heavy atom. The Kier molecular flexibility index (Phi) is 6.43. The fraction of sp³-hybridized carbons (Fsp3) is 0.647. The van der Waals surface area contributed by atoms with Crippen LogP contribution in [0.4, 0.5) is 0 Å². The zero-order valence-electron chi connectivity index (χ0n) is 13.9. The summed E-state index contributed by atoms with van der Waals surface area (Å²) in [5, 5.41) is 13.7. The number of phenolic OH excluding ortho intramolecular Hbond substituents is 1. The second-order valence-electron chi connectivity index (χ2n) is 6.33. The topological polar surface area (TPSA) is 54.0 Å². The summed E-state index contributed by atoms with van der Waals surface area (Å²) in [6.45, 7) is 5.70. The lowest BCUT2D eigenvalue weighted by Gasteiger charge is -2.41. The molecule has 3 rings (SSSR count). The first kappa shape index (κ1) is 18.5. The largest absolute Gasteiger partial charge is 0.503 e. The van der Waals surface area contributed by atoms with E-state index in [2.05, 4.69) is 42.1 Å². The van der Waals surface area contributed by atoms with Gasteiger partial charge in [0, 0.05) is 49.9 Å². The number of piperazine rings is 1. The molecule has 0 amide bonds. The van der Waals surface area contributed by atoms with Gasteiger partial charge in [-0.25, -0.2) is 0 Å². The Labute approximate surface area is 160 Å². The van der Waals surface area contributed by atoms with E-state index in [1.165, 1.54) is 5.56 Å². The first-order chi connectivity index (χ1) is 11.6. The zero-order valence-corrected chi connectivity index (χ0v) is 17.0. The SMILES string of the molecule is COc1cc([C@H](C2CCOCC2)N2CCNCC2)c(Br)c(Br)c1O. The zero-order chi connectivity index (χ0) is 17.1. The number of ether oxygens (including phenoxy) is 2. The van der Waals surface area contributed by atoms with E-state index < -0.39 is 0 Å². The predicted molar refractivity (Wildman–Crippen MR) is 101 cm³/mol. The fourth-order valence-electron chi connectivity index (χ4n) is 3.72. The molecule has 134 valence electrons. The fourth-order valence-corrected chi connectivity index (χ4v) is 4.68. The minimum atomic E-state index is 0.138. The van der Waals surface area contributed by atoms with Gasteiger partial charge in [0.2, 0.25) is 0 Å². The van der Waals surface area contributed by atoms with E-state index >= 15 is 0 Å². The van der Waals surface area contributed by atoms with Crippen LogP contribution in [0.1, 0.15) is 24.4 Å². The maximum Gasteiger partial charge on any atom is 0.173 e. The summed E-state index contributed by atoms with van der Waals surface area (Å²) in [6, 6.07) is 2.27. The van der Waals surface area contributed by atoms with Gasteiger partial charge in [-0.2, -0.15) is 0 Å². The first-order valence-electron chi connectivity index (χ1n) is 8.40. The highest BCUT2D eigenvalue weighted by atomic mass is 79.9. The molecule has 5 nitrogen and oxygen atoms in total. The van der Waals surface area contributed by atoms with Crippen LogP contribution >= 0.6 is 31.9 Å². The van der Waals surface area contributed by atoms with Gasteiger partial charge in [-0.1, -0.05) is 0 Å². The number of methoxy groups -OCH3 is 1. The quantitative estimate of drug-likeness (QED) is 0.717. The average Bonchev–Trinajstić information content (AvgIpc) is 2.64. The van der Waals surface area contributed by atoms with Crippen molar-refractivity contribution in [3.05, 3.63) is 20.6 Å². The predicted octanol–water partition coefficient (Wildman–Crippen LogP) is 3.30. The van der Waals surface area contributed by atoms with E-state index in [-0.39, 0.29) is 11.8 Å². The molecule has 0 aromatic heterocycles. The van der Waals surface area contributed by atoms with Crippen LogP contribution in [0.15, 0.2) is 15.0 Å². The second-order valence-corrected chi connectivity index (χ2v) is 7.91. The smallest absolute Gasteiger partial charge is 0.173 e. The van der Waals surface area contributed by atoms with Crippen LogP contribution in [-0.4, -0.2) is 56.5 Å². The molecule has 1 aromatic rings. The Bertz CT molecular complexity index is 555. The van der Waals surface area contributed by atoms with Gasteiger partial charge in [-0.15, -0.1) is 0 Å². The van der Waals surface area contributed by atoms with Crippen molar-refractivity contribution in [2.75, 3.05) is 46.5 Å². The van der Waals surface area contributed by atoms with Crippen molar-refractivity contribution in [1.82, 2.24) is 10.2 Å². The van der Waals surface area contributed by atoms with E-state index in [4.69, 9.17) is 9.47 Å². The van der Waals surface area contributed by atoms with Crippen LogP contribution < -0.4 is 10.1 Å². The van der Waals surface area contributed by atoms with E-state index in [9.17, 15) is 5.11 Å². The van der Waals surface area contributed by atoms with Crippen molar-refractivity contribution in [1.29, 1.82) is 0 Å². The number of phenols is 1. The van der Waals surface area contributed by atoms with Gasteiger partial charge >= 0.3 is 0 Å². The Morgan fingerprint density at radius 2 is 1.92 bits per heavy atom. The van der Waals surface area contributed by atoms with E-state index in [0.29, 0.717) is 16.1 Å². The van der Waals surface area contributed by atoms with E-state index in [0.717, 1.165) is 56.7 Å². The lowest BCUT2D eigenvalue weighted by atomic mass is 9.85. The van der Waals surface area contributed by atoms with Crippen molar-refractivity contribution in [2.24, 2.45) is 5.92 Å². The number of hydrogen-bond acceptors (Lipinski definition) is 5. The Balaban J connectivity index is 2.02. The first-order valence-corrected chi connectivity index (χ1v) is 9.99. The molecule has 1 atom stereocenters. The molecule has 0 bridgehead atoms. The van der Waals surface area contributed by atoms with Crippen LogP contribution in [0.5, 0.6) is 11.5 Å². The van der Waals surface area contributed by atoms with E-state index in [1.54, 1.807) is 7.11 Å². The normalized spacial score (nSPS) is 21.6. The summed E-state index contributed by atoms with van der Waals surface area (Å²) < 4.78 is 12.5. The van der Waals surface area contributed by atoms with Crippen LogP contribution in [0, 0.1) is 5.92 Å². The lowest BCUT2D eigenvalue weighted by Crippen LogP contribution is -2.47. The summed E-state index contributed by atoms with van der Waals surface area (Å²) in [5.41, 5.74) is 1.17. The van der Waals surface area contributed by atoms with Crippen molar-refractivity contribution >= 4 is 31.9 Å². The van der Waals surface area contributed by atoms with Gasteiger partial charge in [0.15, 0.2) is 11.5 Å². The molecule has 0 aliphatic carbocycles. The van der Waals surface area contributed by atoms with Crippen LogP contribution in [0.25, 0.3) is 0 Å². The number of rotatable bonds is 4. The highest BCUT2D eigenvalue weighted by Crippen LogP contribution is 2.47. The molecule has 2 aliphatic rings.